The Morgan fingerprint density at radius 3 is 1.76 bits per heavy atom. The molecule has 1 aliphatic carbocycles. The number of aromatic nitrogens is 4. The fourth-order valence-corrected chi connectivity index (χ4v) is 8.47. The van der Waals surface area contributed by atoms with E-state index in [0.29, 0.717) is 55.8 Å². The highest BCUT2D eigenvalue weighted by Gasteiger charge is 2.41. The first-order chi connectivity index (χ1) is 30.6. The summed E-state index contributed by atoms with van der Waals surface area (Å²) in [5.41, 5.74) is 7.45. The number of hydrogen-bond acceptors (Lipinski definition) is 8. The van der Waals surface area contributed by atoms with Gasteiger partial charge in [0.2, 0.25) is 11.8 Å². The molecule has 9 rings (SSSR count). The van der Waals surface area contributed by atoms with Crippen LogP contribution in [0.3, 0.4) is 0 Å². The molecule has 9 nitrogen and oxygen atoms in total. The first-order valence-electron chi connectivity index (χ1n) is 21.0. The maximum absolute atomic E-state index is 6.73. The lowest BCUT2D eigenvalue weighted by Gasteiger charge is -2.37. The molecule has 1 aliphatic rings. The van der Waals surface area contributed by atoms with E-state index in [1.807, 2.05) is 122 Å². The third-order valence-electron chi connectivity index (χ3n) is 11.7. The summed E-state index contributed by atoms with van der Waals surface area (Å²) in [7, 11) is 1.68. The molecule has 62 heavy (non-hydrogen) atoms. The van der Waals surface area contributed by atoms with Crippen LogP contribution in [0.25, 0.3) is 11.2 Å². The zero-order valence-electron chi connectivity index (χ0n) is 34.7. The Morgan fingerprint density at radius 2 is 1.18 bits per heavy atom. The average molecular weight is 820 g/mol. The minimum atomic E-state index is -0.932. The molecule has 0 unspecified atom stereocenters. The standard InChI is InChI=1S/C53H49N5O4/c1-38-46(36-60-33-39-18-8-3-9-19-39)48(61-34-40-20-10-4-11-21-40)32-47(38)58-37-54-49-50(58)55-52(56-51(49)62-35-41-22-12-5-13-23-41)57-53(42-24-14-6-15-25-42,43-26-16-7-17-27-43)44-28-30-45(59-2)31-29-44/h3-31,37,46-48H,1,32-36H2,2H3,(H,55,56,57)/t46-,47+,48+/m0/s1. The minimum absolute atomic E-state index is 0.0722. The number of nitrogens with zero attached hydrogens (tertiary/aromatic N) is 4. The van der Waals surface area contributed by atoms with Gasteiger partial charge in [-0.3, -0.25) is 0 Å². The molecule has 0 amide bonds. The summed E-state index contributed by atoms with van der Waals surface area (Å²) in [6.45, 7) is 6.45. The van der Waals surface area contributed by atoms with Crippen molar-refractivity contribution in [2.75, 3.05) is 19.0 Å². The van der Waals surface area contributed by atoms with Crippen molar-refractivity contribution in [1.29, 1.82) is 0 Å². The Morgan fingerprint density at radius 1 is 0.645 bits per heavy atom. The third-order valence-corrected chi connectivity index (χ3v) is 11.7. The molecule has 0 spiro atoms. The number of nitrogens with one attached hydrogen (secondary N) is 1. The summed E-state index contributed by atoms with van der Waals surface area (Å²) < 4.78 is 27.4. The fraction of sp³-hybridized carbons (Fsp3) is 0.189. The molecule has 0 aliphatic heterocycles. The fourth-order valence-electron chi connectivity index (χ4n) is 8.47. The van der Waals surface area contributed by atoms with Crippen LogP contribution >= 0.6 is 0 Å². The van der Waals surface area contributed by atoms with Crippen molar-refractivity contribution in [3.05, 3.63) is 228 Å². The van der Waals surface area contributed by atoms with Gasteiger partial charge in [-0.05, 0) is 57.5 Å². The van der Waals surface area contributed by atoms with Gasteiger partial charge < -0.3 is 28.8 Å². The molecule has 0 bridgehead atoms. The lowest BCUT2D eigenvalue weighted by Crippen LogP contribution is -2.38. The van der Waals surface area contributed by atoms with Crippen molar-refractivity contribution in [3.8, 4) is 11.6 Å². The zero-order chi connectivity index (χ0) is 42.1. The number of hydrogen-bond donors (Lipinski definition) is 1. The van der Waals surface area contributed by atoms with Gasteiger partial charge in [-0.1, -0.05) is 170 Å². The Bertz CT molecular complexity index is 2640. The van der Waals surface area contributed by atoms with Gasteiger partial charge in [0.05, 0.1) is 45.4 Å². The molecule has 2 aromatic heterocycles. The lowest BCUT2D eigenvalue weighted by atomic mass is 9.77. The van der Waals surface area contributed by atoms with Crippen LogP contribution in [0.5, 0.6) is 11.6 Å². The molecule has 1 N–H and O–H groups in total. The average Bonchev–Trinajstić information content (AvgIpc) is 3.90. The number of imidazole rings is 1. The van der Waals surface area contributed by atoms with Crippen molar-refractivity contribution in [2.24, 2.45) is 5.92 Å². The van der Waals surface area contributed by atoms with E-state index in [2.05, 4.69) is 70.5 Å². The largest absolute Gasteiger partial charge is 0.497 e. The molecule has 6 aromatic carbocycles. The van der Waals surface area contributed by atoms with Crippen molar-refractivity contribution < 1.29 is 18.9 Å². The molecule has 9 heteroatoms. The molecule has 0 saturated heterocycles. The normalized spacial score (nSPS) is 16.3. The first kappa shape index (κ1) is 40.3. The highest BCUT2D eigenvalue weighted by molar-refractivity contribution is 5.78. The third kappa shape index (κ3) is 8.59. The number of anilines is 1. The molecule has 0 radical (unpaired) electrons. The van der Waals surface area contributed by atoms with Crippen LogP contribution in [-0.4, -0.2) is 39.3 Å². The maximum atomic E-state index is 6.73. The topological polar surface area (TPSA) is 92.6 Å². The van der Waals surface area contributed by atoms with Crippen molar-refractivity contribution >= 4 is 17.1 Å². The molecular formula is C53H49N5O4. The minimum Gasteiger partial charge on any atom is -0.497 e. The number of methoxy groups -OCH3 is 1. The van der Waals surface area contributed by atoms with Crippen molar-refractivity contribution in [1.82, 2.24) is 19.5 Å². The van der Waals surface area contributed by atoms with Gasteiger partial charge in [-0.25, -0.2) is 4.98 Å². The molecule has 2 heterocycles. The molecule has 310 valence electrons. The van der Waals surface area contributed by atoms with Crippen LogP contribution in [0.2, 0.25) is 0 Å². The second-order valence-corrected chi connectivity index (χ2v) is 15.6. The summed E-state index contributed by atoms with van der Waals surface area (Å²) in [6.07, 6.45) is 2.34. The SMILES string of the molecule is C=C1[C@H](n2cnc3c(OCc4ccccc4)nc(NC(c4ccccc4)(c4ccccc4)c4ccc(OC)cc4)nc32)C[C@@H](OCc2ccccc2)[C@H]1COCc1ccccc1. The summed E-state index contributed by atoms with van der Waals surface area (Å²) in [5.74, 6) is 1.42. The highest BCUT2D eigenvalue weighted by atomic mass is 16.5. The van der Waals surface area contributed by atoms with Gasteiger partial charge in [-0.15, -0.1) is 0 Å². The second kappa shape index (κ2) is 18.7. The van der Waals surface area contributed by atoms with Crippen LogP contribution in [0, 0.1) is 5.92 Å². The van der Waals surface area contributed by atoms with Crippen LogP contribution < -0.4 is 14.8 Å². The molecule has 1 fully saturated rings. The number of rotatable bonds is 17. The molecule has 3 atom stereocenters. The van der Waals surface area contributed by atoms with E-state index in [4.69, 9.17) is 40.5 Å². The Hall–Kier alpha value is -7.07. The summed E-state index contributed by atoms with van der Waals surface area (Å²) in [5, 5.41) is 3.88. The summed E-state index contributed by atoms with van der Waals surface area (Å²) in [4.78, 5) is 15.4. The van der Waals surface area contributed by atoms with Crippen LogP contribution in [0.1, 0.15) is 45.8 Å². The first-order valence-corrected chi connectivity index (χ1v) is 21.0. The monoisotopic (exact) mass is 819 g/mol. The van der Waals surface area contributed by atoms with E-state index in [-0.39, 0.29) is 18.1 Å². The van der Waals surface area contributed by atoms with E-state index < -0.39 is 5.54 Å². The van der Waals surface area contributed by atoms with Gasteiger partial charge in [-0.2, -0.15) is 9.97 Å². The van der Waals surface area contributed by atoms with E-state index >= 15 is 0 Å². The van der Waals surface area contributed by atoms with Gasteiger partial charge >= 0.3 is 0 Å². The van der Waals surface area contributed by atoms with Gasteiger partial charge in [0.1, 0.15) is 17.9 Å². The Labute approximate surface area is 362 Å². The predicted molar refractivity (Wildman–Crippen MR) is 243 cm³/mol. The Balaban J connectivity index is 1.13. The molecule has 1 saturated carbocycles. The second-order valence-electron chi connectivity index (χ2n) is 15.6. The van der Waals surface area contributed by atoms with E-state index in [0.717, 1.165) is 44.7 Å². The highest BCUT2D eigenvalue weighted by Crippen LogP contribution is 2.44. The van der Waals surface area contributed by atoms with E-state index in [1.165, 1.54) is 0 Å². The quantitative estimate of drug-likeness (QED) is 0.0717. The number of benzene rings is 6. The molecular weight excluding hydrogens is 771 g/mol. The molecule has 8 aromatic rings. The van der Waals surface area contributed by atoms with Gasteiger partial charge in [0.25, 0.3) is 0 Å². The lowest BCUT2D eigenvalue weighted by molar-refractivity contribution is -0.0122. The summed E-state index contributed by atoms with van der Waals surface area (Å²) >= 11 is 0. The van der Waals surface area contributed by atoms with Crippen molar-refractivity contribution in [3.63, 3.8) is 0 Å². The maximum Gasteiger partial charge on any atom is 0.247 e. The van der Waals surface area contributed by atoms with Gasteiger partial charge in [0, 0.05) is 5.92 Å². The number of fused-ring (bicyclic) bond motifs is 1. The number of ether oxygens (including phenoxy) is 4. The van der Waals surface area contributed by atoms with Crippen LogP contribution in [0.15, 0.2) is 194 Å². The van der Waals surface area contributed by atoms with E-state index in [9.17, 15) is 0 Å². The van der Waals surface area contributed by atoms with Crippen LogP contribution in [-0.2, 0) is 34.8 Å². The Kier molecular flexibility index (Phi) is 12.2. The van der Waals surface area contributed by atoms with Crippen LogP contribution in [0.4, 0.5) is 5.95 Å². The van der Waals surface area contributed by atoms with Gasteiger partial charge in [0.15, 0.2) is 11.2 Å². The summed E-state index contributed by atoms with van der Waals surface area (Å²) in [6, 6.07) is 59.2. The predicted octanol–water partition coefficient (Wildman–Crippen LogP) is 10.7. The van der Waals surface area contributed by atoms with Crippen molar-refractivity contribution in [2.45, 2.75) is 43.9 Å². The zero-order valence-corrected chi connectivity index (χ0v) is 34.7. The van der Waals surface area contributed by atoms with E-state index in [1.54, 1.807) is 7.11 Å². The smallest absolute Gasteiger partial charge is 0.247 e.